The van der Waals surface area contributed by atoms with E-state index in [4.69, 9.17) is 10.8 Å². The van der Waals surface area contributed by atoms with Crippen molar-refractivity contribution in [2.45, 2.75) is 6.04 Å². The van der Waals surface area contributed by atoms with Crippen molar-refractivity contribution >= 4 is 17.7 Å². The first kappa shape index (κ1) is 13.5. The van der Waals surface area contributed by atoms with Crippen molar-refractivity contribution in [1.82, 2.24) is 10.2 Å². The Hall–Kier alpha value is -1.47. The molecule has 1 atom stereocenters. The third-order valence-corrected chi connectivity index (χ3v) is 1.85. The number of carbonyl (C=O) groups excluding carboxylic acids is 2. The van der Waals surface area contributed by atoms with Gasteiger partial charge in [-0.3, -0.25) is 9.59 Å². The van der Waals surface area contributed by atoms with Crippen molar-refractivity contribution in [3.8, 4) is 0 Å². The molecule has 15 heavy (non-hydrogen) atoms. The molecule has 0 aliphatic carbocycles. The number of ketones is 1. The molecule has 7 nitrogen and oxygen atoms in total. The summed E-state index contributed by atoms with van der Waals surface area (Å²) in [5.41, 5.74) is 5.06. The van der Waals surface area contributed by atoms with Gasteiger partial charge in [-0.15, -0.1) is 0 Å². The summed E-state index contributed by atoms with van der Waals surface area (Å²) < 4.78 is 0. The molecule has 7 heteroatoms. The van der Waals surface area contributed by atoms with Crippen molar-refractivity contribution in [3.63, 3.8) is 0 Å². The maximum atomic E-state index is 11.3. The first-order valence-corrected chi connectivity index (χ1v) is 4.31. The Morgan fingerprint density at radius 3 is 2.33 bits per heavy atom. The van der Waals surface area contributed by atoms with Crippen molar-refractivity contribution in [2.24, 2.45) is 5.73 Å². The van der Waals surface area contributed by atoms with Gasteiger partial charge in [0, 0.05) is 7.05 Å². The molecule has 0 unspecified atom stereocenters. The third kappa shape index (κ3) is 3.64. The number of likely N-dealkylation sites (N-methyl/N-ethyl adjacent to an activating group) is 2. The molecule has 0 aromatic heterocycles. The number of nitrogens with zero attached hydrogens (tertiary/aromatic N) is 1. The van der Waals surface area contributed by atoms with Crippen LogP contribution in [0.25, 0.3) is 0 Å². The first-order valence-electron chi connectivity index (χ1n) is 4.31. The normalized spacial score (nSPS) is 11.9. The van der Waals surface area contributed by atoms with Gasteiger partial charge < -0.3 is 21.1 Å². The first-order chi connectivity index (χ1) is 6.95. The molecule has 86 valence electrons. The van der Waals surface area contributed by atoms with E-state index in [1.54, 1.807) is 7.05 Å². The Bertz CT molecular complexity index is 267. The van der Waals surface area contributed by atoms with Crippen LogP contribution in [0.2, 0.25) is 0 Å². The predicted molar refractivity (Wildman–Crippen MR) is 52.2 cm³/mol. The highest BCUT2D eigenvalue weighted by atomic mass is 16.4. The average Bonchev–Trinajstić information content (AvgIpc) is 2.17. The maximum absolute atomic E-state index is 11.3. The van der Waals surface area contributed by atoms with Gasteiger partial charge in [0.15, 0.2) is 11.8 Å². The third-order valence-electron chi connectivity index (χ3n) is 1.85. The molecular formula is C8H15N3O4. The van der Waals surface area contributed by atoms with Crippen molar-refractivity contribution in [2.75, 3.05) is 27.2 Å². The zero-order valence-corrected chi connectivity index (χ0v) is 8.69. The van der Waals surface area contributed by atoms with E-state index in [0.29, 0.717) is 0 Å². The second kappa shape index (κ2) is 6.10. The van der Waals surface area contributed by atoms with Gasteiger partial charge in [-0.05, 0) is 7.05 Å². The van der Waals surface area contributed by atoms with Gasteiger partial charge in [0.05, 0.1) is 13.1 Å². The molecule has 0 fully saturated rings. The molecule has 0 radical (unpaired) electrons. The van der Waals surface area contributed by atoms with Crippen LogP contribution in [0, 0.1) is 0 Å². The topological polar surface area (TPSA) is 113 Å². The van der Waals surface area contributed by atoms with Gasteiger partial charge >= 0.3 is 5.97 Å². The number of nitrogens with one attached hydrogen (secondary N) is 1. The Morgan fingerprint density at radius 1 is 1.47 bits per heavy atom. The molecule has 0 rings (SSSR count). The zero-order valence-electron chi connectivity index (χ0n) is 8.69. The van der Waals surface area contributed by atoms with Crippen molar-refractivity contribution < 1.29 is 19.5 Å². The largest absolute Gasteiger partial charge is 0.479 e. The van der Waals surface area contributed by atoms with Crippen LogP contribution in [-0.2, 0) is 14.4 Å². The molecule has 1 amide bonds. The maximum Gasteiger partial charge on any atom is 0.334 e. The molecule has 4 N–H and O–H groups in total. The zero-order chi connectivity index (χ0) is 12.0. The molecule has 0 saturated heterocycles. The summed E-state index contributed by atoms with van der Waals surface area (Å²) >= 11 is 0. The lowest BCUT2D eigenvalue weighted by Crippen LogP contribution is -2.51. The van der Waals surface area contributed by atoms with Crippen molar-refractivity contribution in [3.05, 3.63) is 0 Å². The summed E-state index contributed by atoms with van der Waals surface area (Å²) in [5, 5.41) is 11.3. The van der Waals surface area contributed by atoms with Gasteiger partial charge in [-0.25, -0.2) is 4.79 Å². The molecule has 0 aliphatic rings. The van der Waals surface area contributed by atoms with Crippen LogP contribution >= 0.6 is 0 Å². The lowest BCUT2D eigenvalue weighted by atomic mass is 10.1. The summed E-state index contributed by atoms with van der Waals surface area (Å²) in [7, 11) is 2.80. The fraction of sp³-hybridized carbons (Fsp3) is 0.625. The van der Waals surface area contributed by atoms with E-state index in [1.165, 1.54) is 7.05 Å². The van der Waals surface area contributed by atoms with Crippen LogP contribution in [0.5, 0.6) is 0 Å². The molecule has 0 heterocycles. The summed E-state index contributed by atoms with van der Waals surface area (Å²) in [6.45, 7) is -0.438. The van der Waals surface area contributed by atoms with E-state index in [-0.39, 0.29) is 6.54 Å². The minimum Gasteiger partial charge on any atom is -0.479 e. The summed E-state index contributed by atoms with van der Waals surface area (Å²) in [6, 6.07) is -1.50. The number of rotatable bonds is 6. The van der Waals surface area contributed by atoms with Crippen LogP contribution in [-0.4, -0.2) is 60.9 Å². The Labute approximate surface area is 87.2 Å². The quantitative estimate of drug-likeness (QED) is 0.429. The van der Waals surface area contributed by atoms with E-state index in [1.807, 2.05) is 0 Å². The van der Waals surface area contributed by atoms with Crippen LogP contribution in [0.15, 0.2) is 0 Å². The number of carboxylic acid groups (broad SMARTS) is 1. The summed E-state index contributed by atoms with van der Waals surface area (Å²) in [5.74, 6) is -2.56. The molecule has 0 aliphatic heterocycles. The lowest BCUT2D eigenvalue weighted by Gasteiger charge is -2.23. The van der Waals surface area contributed by atoms with E-state index < -0.39 is 30.2 Å². The highest BCUT2D eigenvalue weighted by molar-refractivity contribution is 6.05. The van der Waals surface area contributed by atoms with Crippen LogP contribution in [0.4, 0.5) is 0 Å². The Morgan fingerprint density at radius 2 is 2.00 bits per heavy atom. The van der Waals surface area contributed by atoms with Gasteiger partial charge in [0.25, 0.3) is 0 Å². The molecule has 0 aromatic carbocycles. The smallest absolute Gasteiger partial charge is 0.334 e. The van der Waals surface area contributed by atoms with E-state index in [9.17, 15) is 14.4 Å². The number of carboxylic acids is 1. The summed E-state index contributed by atoms with van der Waals surface area (Å²) in [4.78, 5) is 34.1. The number of Topliss-reactive ketones (excluding diaryl/α,β-unsaturated/α-hetero) is 1. The van der Waals surface area contributed by atoms with Crippen LogP contribution < -0.4 is 11.1 Å². The van der Waals surface area contributed by atoms with Crippen LogP contribution in [0.3, 0.4) is 0 Å². The molecule has 0 bridgehead atoms. The molecule has 0 aromatic rings. The molecule has 0 saturated carbocycles. The fourth-order valence-corrected chi connectivity index (χ4v) is 1.05. The number of carbonyl (C=O) groups is 3. The number of hydrogen-bond acceptors (Lipinski definition) is 5. The van der Waals surface area contributed by atoms with E-state index in [2.05, 4.69) is 5.32 Å². The summed E-state index contributed by atoms with van der Waals surface area (Å²) in [6.07, 6.45) is 0. The van der Waals surface area contributed by atoms with E-state index >= 15 is 0 Å². The second-order valence-corrected chi connectivity index (χ2v) is 2.95. The number of amides is 1. The standard InChI is InChI=1S/C8H15N3O4/c1-10-4-6(13)11(2)7(8(14)15)5(12)3-9/h7,10H,3-4,9H2,1-2H3,(H,14,15)/t7-/m0/s1. The van der Waals surface area contributed by atoms with Crippen molar-refractivity contribution in [1.29, 1.82) is 0 Å². The minimum absolute atomic E-state index is 0.0296. The second-order valence-electron chi connectivity index (χ2n) is 2.95. The highest BCUT2D eigenvalue weighted by Crippen LogP contribution is 1.98. The predicted octanol–water partition coefficient (Wildman–Crippen LogP) is -2.35. The van der Waals surface area contributed by atoms with Gasteiger partial charge in [-0.2, -0.15) is 0 Å². The van der Waals surface area contributed by atoms with E-state index in [0.717, 1.165) is 4.90 Å². The Kier molecular flexibility index (Phi) is 5.50. The minimum atomic E-state index is -1.50. The number of nitrogens with two attached hydrogens (primary N) is 1. The van der Waals surface area contributed by atoms with Crippen LogP contribution in [0.1, 0.15) is 0 Å². The fourth-order valence-electron chi connectivity index (χ4n) is 1.05. The number of hydrogen-bond donors (Lipinski definition) is 3. The van der Waals surface area contributed by atoms with Gasteiger partial charge in [0.1, 0.15) is 0 Å². The van der Waals surface area contributed by atoms with Gasteiger partial charge in [-0.1, -0.05) is 0 Å². The van der Waals surface area contributed by atoms with Gasteiger partial charge in [0.2, 0.25) is 5.91 Å². The SMILES string of the molecule is CNCC(=O)N(C)[C@H](C(=O)O)C(=O)CN. The average molecular weight is 217 g/mol. The lowest BCUT2D eigenvalue weighted by molar-refractivity contribution is -0.152. The molecule has 0 spiro atoms. The number of aliphatic carboxylic acids is 1. The monoisotopic (exact) mass is 217 g/mol. The molecular weight excluding hydrogens is 202 g/mol. The highest BCUT2D eigenvalue weighted by Gasteiger charge is 2.31. The Balaban J connectivity index is 4.70.